The molecule has 5 rings (SSSR count). The van der Waals surface area contributed by atoms with Gasteiger partial charge in [-0.15, -0.1) is 0 Å². The van der Waals surface area contributed by atoms with Gasteiger partial charge in [0.15, 0.2) is 5.82 Å². The molecule has 3 aromatic heterocycles. The summed E-state index contributed by atoms with van der Waals surface area (Å²) in [7, 11) is 1.71. The number of para-hydroxylation sites is 1. The second kappa shape index (κ2) is 14.3. The number of aliphatic hydroxyl groups excluding tert-OH is 1. The fourth-order valence-electron chi connectivity index (χ4n) is 4.71. The van der Waals surface area contributed by atoms with Crippen LogP contribution in [0.5, 0.6) is 5.75 Å². The standard InChI is InChI=1S/C29H33N7O.C2H6O/c1-3-4-14-33-28-27-26(34-29(30)35-28)23-9-5-6-10-24(23)36(27)19-22-15-20(11-12-25(22)37-2)16-32-18-21-8-7-13-31-17-21;1-2-3/h5-13,15,17,32H,3-4,14,16,18-19H2,1-2H3,(H3,30,33,34,35);3H,2H2,1H3. The van der Waals surface area contributed by atoms with E-state index in [0.29, 0.717) is 6.54 Å². The summed E-state index contributed by atoms with van der Waals surface area (Å²) in [6.45, 7) is 7.04. The molecule has 0 amide bonds. The molecule has 0 aliphatic rings. The number of aromatic nitrogens is 4. The third-order valence-corrected chi connectivity index (χ3v) is 6.50. The minimum Gasteiger partial charge on any atom is -0.496 e. The summed E-state index contributed by atoms with van der Waals surface area (Å²) < 4.78 is 8.03. The average Bonchev–Trinajstić information content (AvgIpc) is 3.27. The molecule has 0 saturated heterocycles. The number of aliphatic hydroxyl groups is 1. The molecule has 0 radical (unpaired) electrons. The van der Waals surface area contributed by atoms with Gasteiger partial charge in [-0.3, -0.25) is 4.98 Å². The van der Waals surface area contributed by atoms with E-state index < -0.39 is 0 Å². The highest BCUT2D eigenvalue weighted by atomic mass is 16.5. The van der Waals surface area contributed by atoms with E-state index in [1.807, 2.05) is 24.4 Å². The monoisotopic (exact) mass is 541 g/mol. The van der Waals surface area contributed by atoms with Crippen LogP contribution in [0.3, 0.4) is 0 Å². The summed E-state index contributed by atoms with van der Waals surface area (Å²) in [6.07, 6.45) is 5.82. The zero-order valence-electron chi connectivity index (χ0n) is 23.5. The topological polar surface area (TPSA) is 123 Å². The highest BCUT2D eigenvalue weighted by Crippen LogP contribution is 2.34. The SMILES string of the molecule is CCCCNc1nc(N)nc2c3ccccc3n(Cc3cc(CNCc4cccnc4)ccc3OC)c12.CCO. The third kappa shape index (κ3) is 6.86. The first-order valence-corrected chi connectivity index (χ1v) is 13.7. The normalized spacial score (nSPS) is 10.9. The number of nitrogens with two attached hydrogens (primary N) is 1. The van der Waals surface area contributed by atoms with Crippen molar-refractivity contribution in [3.05, 3.63) is 83.7 Å². The molecule has 2 aromatic carbocycles. The molecule has 9 nitrogen and oxygen atoms in total. The Morgan fingerprint density at radius 1 is 1.00 bits per heavy atom. The number of nitrogens with one attached hydrogen (secondary N) is 2. The van der Waals surface area contributed by atoms with Crippen molar-refractivity contribution in [2.75, 3.05) is 31.3 Å². The number of nitrogens with zero attached hydrogens (tertiary/aromatic N) is 4. The van der Waals surface area contributed by atoms with Crippen molar-refractivity contribution in [1.29, 1.82) is 0 Å². The van der Waals surface area contributed by atoms with Crippen LogP contribution in [0.1, 0.15) is 43.4 Å². The Balaban J connectivity index is 0.00000118. The third-order valence-electron chi connectivity index (χ3n) is 6.50. The Bertz CT molecular complexity index is 1520. The molecule has 0 aliphatic carbocycles. The van der Waals surface area contributed by atoms with E-state index in [1.54, 1.807) is 20.2 Å². The number of rotatable bonds is 11. The van der Waals surface area contributed by atoms with Gasteiger partial charge in [0, 0.05) is 49.6 Å². The van der Waals surface area contributed by atoms with E-state index in [1.165, 1.54) is 5.56 Å². The molecule has 0 saturated carbocycles. The predicted molar refractivity (Wildman–Crippen MR) is 162 cm³/mol. The number of ether oxygens (including phenoxy) is 1. The van der Waals surface area contributed by atoms with E-state index in [-0.39, 0.29) is 12.6 Å². The second-order valence-corrected chi connectivity index (χ2v) is 9.44. The molecule has 5 N–H and O–H groups in total. The maximum atomic E-state index is 7.57. The lowest BCUT2D eigenvalue weighted by Gasteiger charge is -2.15. The van der Waals surface area contributed by atoms with Crippen molar-refractivity contribution in [3.63, 3.8) is 0 Å². The Morgan fingerprint density at radius 3 is 2.55 bits per heavy atom. The van der Waals surface area contributed by atoms with Crippen LogP contribution in [0.2, 0.25) is 0 Å². The number of nitrogen functional groups attached to an aromatic ring is 1. The summed E-state index contributed by atoms with van der Waals surface area (Å²) in [6, 6.07) is 18.7. The first-order valence-electron chi connectivity index (χ1n) is 13.7. The summed E-state index contributed by atoms with van der Waals surface area (Å²) >= 11 is 0. The minimum absolute atomic E-state index is 0.250. The highest BCUT2D eigenvalue weighted by molar-refractivity contribution is 6.09. The van der Waals surface area contributed by atoms with E-state index in [0.717, 1.165) is 77.1 Å². The number of hydrogen-bond acceptors (Lipinski definition) is 8. The summed E-state index contributed by atoms with van der Waals surface area (Å²) in [5.74, 6) is 1.88. The van der Waals surface area contributed by atoms with Crippen molar-refractivity contribution < 1.29 is 9.84 Å². The summed E-state index contributed by atoms with van der Waals surface area (Å²) in [5.41, 5.74) is 12.4. The van der Waals surface area contributed by atoms with Crippen LogP contribution in [0.15, 0.2) is 67.0 Å². The molecule has 0 atom stereocenters. The van der Waals surface area contributed by atoms with Gasteiger partial charge >= 0.3 is 0 Å². The van der Waals surface area contributed by atoms with Gasteiger partial charge in [-0.05, 0) is 48.7 Å². The van der Waals surface area contributed by atoms with Crippen molar-refractivity contribution in [2.45, 2.75) is 46.3 Å². The van der Waals surface area contributed by atoms with Crippen molar-refractivity contribution in [1.82, 2.24) is 24.8 Å². The van der Waals surface area contributed by atoms with Crippen LogP contribution >= 0.6 is 0 Å². The number of anilines is 2. The average molecular weight is 542 g/mol. The Kier molecular flexibility index (Phi) is 10.3. The van der Waals surface area contributed by atoms with E-state index in [4.69, 9.17) is 15.6 Å². The number of fused-ring (bicyclic) bond motifs is 3. The Labute approximate surface area is 235 Å². The fourth-order valence-corrected chi connectivity index (χ4v) is 4.71. The highest BCUT2D eigenvalue weighted by Gasteiger charge is 2.19. The van der Waals surface area contributed by atoms with Crippen LogP contribution in [-0.2, 0) is 19.6 Å². The van der Waals surface area contributed by atoms with Crippen LogP contribution < -0.4 is 21.1 Å². The zero-order valence-corrected chi connectivity index (χ0v) is 23.5. The molecule has 0 aliphatic heterocycles. The van der Waals surface area contributed by atoms with Gasteiger partial charge in [0.2, 0.25) is 5.95 Å². The Morgan fingerprint density at radius 2 is 1.80 bits per heavy atom. The number of hydrogen-bond donors (Lipinski definition) is 4. The maximum Gasteiger partial charge on any atom is 0.222 e. The van der Waals surface area contributed by atoms with Crippen LogP contribution in [0.25, 0.3) is 21.9 Å². The summed E-state index contributed by atoms with van der Waals surface area (Å²) in [4.78, 5) is 13.4. The van der Waals surface area contributed by atoms with Gasteiger partial charge in [0.05, 0.1) is 19.2 Å². The van der Waals surface area contributed by atoms with Crippen LogP contribution in [-0.4, -0.2) is 44.9 Å². The molecule has 40 heavy (non-hydrogen) atoms. The quantitative estimate of drug-likeness (QED) is 0.170. The van der Waals surface area contributed by atoms with Crippen molar-refractivity contribution in [2.24, 2.45) is 0 Å². The van der Waals surface area contributed by atoms with Gasteiger partial charge in [-0.25, -0.2) is 4.98 Å². The predicted octanol–water partition coefficient (Wildman–Crippen LogP) is 5.12. The number of pyridine rings is 1. The molecule has 5 aromatic rings. The first-order chi connectivity index (χ1) is 19.6. The second-order valence-electron chi connectivity index (χ2n) is 9.44. The lowest BCUT2D eigenvalue weighted by molar-refractivity contribution is 0.318. The van der Waals surface area contributed by atoms with Gasteiger partial charge in [-0.2, -0.15) is 4.98 Å². The van der Waals surface area contributed by atoms with Gasteiger partial charge in [0.25, 0.3) is 0 Å². The molecule has 0 bridgehead atoms. The molecule has 0 unspecified atom stereocenters. The number of methoxy groups -OCH3 is 1. The fraction of sp³-hybridized carbons (Fsp3) is 0.323. The molecular formula is C31H39N7O2. The lowest BCUT2D eigenvalue weighted by Crippen LogP contribution is -2.13. The smallest absolute Gasteiger partial charge is 0.222 e. The van der Waals surface area contributed by atoms with E-state index >= 15 is 0 Å². The lowest BCUT2D eigenvalue weighted by atomic mass is 10.1. The molecule has 0 spiro atoms. The first kappa shape index (κ1) is 28.8. The maximum absolute atomic E-state index is 7.57. The van der Waals surface area contributed by atoms with Crippen molar-refractivity contribution in [3.8, 4) is 5.75 Å². The number of benzene rings is 2. The molecule has 3 heterocycles. The molecule has 9 heteroatoms. The Hall–Kier alpha value is -4.21. The number of unbranched alkanes of at least 4 members (excludes halogenated alkanes) is 1. The molecular weight excluding hydrogens is 502 g/mol. The van der Waals surface area contributed by atoms with Gasteiger partial charge < -0.3 is 30.8 Å². The van der Waals surface area contributed by atoms with Gasteiger partial charge in [0.1, 0.15) is 16.8 Å². The van der Waals surface area contributed by atoms with Crippen LogP contribution in [0.4, 0.5) is 11.8 Å². The zero-order chi connectivity index (χ0) is 28.3. The van der Waals surface area contributed by atoms with E-state index in [9.17, 15) is 0 Å². The molecule has 210 valence electrons. The molecule has 0 fully saturated rings. The summed E-state index contributed by atoms with van der Waals surface area (Å²) in [5, 5.41) is 15.6. The largest absolute Gasteiger partial charge is 0.496 e. The van der Waals surface area contributed by atoms with Crippen molar-refractivity contribution >= 4 is 33.7 Å². The van der Waals surface area contributed by atoms with Crippen LogP contribution in [0, 0.1) is 0 Å². The minimum atomic E-state index is 0.250. The van der Waals surface area contributed by atoms with Gasteiger partial charge in [-0.1, -0.05) is 43.7 Å². The van der Waals surface area contributed by atoms with E-state index in [2.05, 4.69) is 73.5 Å².